The van der Waals surface area contributed by atoms with Gasteiger partial charge in [-0.3, -0.25) is 0 Å². The molecule has 4 rings (SSSR count). The molecular weight excluding hydrogens is 358 g/mol. The molecule has 4 N–H and O–H groups in total. The molecule has 0 amide bonds. The van der Waals surface area contributed by atoms with Crippen LogP contribution >= 0.6 is 0 Å². The molecule has 1 aromatic heterocycles. The van der Waals surface area contributed by atoms with Crippen LogP contribution in [0.2, 0.25) is 0 Å². The Hall–Kier alpha value is -2.66. The van der Waals surface area contributed by atoms with Crippen molar-refractivity contribution >= 4 is 28.4 Å². The number of aromatic nitrogens is 2. The summed E-state index contributed by atoms with van der Waals surface area (Å²) in [6.07, 6.45) is 4.51. The third-order valence-corrected chi connectivity index (χ3v) is 5.65. The Balaban J connectivity index is 1.77. The van der Waals surface area contributed by atoms with Gasteiger partial charge in [-0.15, -0.1) is 0 Å². The maximum Gasteiger partial charge on any atom is 0.229 e. The summed E-state index contributed by atoms with van der Waals surface area (Å²) in [4.78, 5) is 9.77. The van der Waals surface area contributed by atoms with Crippen molar-refractivity contribution in [1.29, 1.82) is 0 Å². The molecule has 3 aromatic rings. The quantitative estimate of drug-likeness (QED) is 0.500. The lowest BCUT2D eigenvalue weighted by molar-refractivity contribution is 0.615. The van der Waals surface area contributed by atoms with Crippen LogP contribution in [0, 0.1) is 19.8 Å². The van der Waals surface area contributed by atoms with E-state index in [2.05, 4.69) is 67.8 Å². The van der Waals surface area contributed by atoms with Gasteiger partial charge in [-0.05, 0) is 86.9 Å². The Kier molecular flexibility index (Phi) is 5.67. The third-order valence-electron chi connectivity index (χ3n) is 5.65. The monoisotopic (exact) mass is 389 g/mol. The molecule has 1 fully saturated rings. The second kappa shape index (κ2) is 8.37. The van der Waals surface area contributed by atoms with Crippen LogP contribution < -0.4 is 16.4 Å². The molecule has 0 spiro atoms. The molecule has 0 unspecified atom stereocenters. The van der Waals surface area contributed by atoms with E-state index >= 15 is 0 Å². The van der Waals surface area contributed by atoms with E-state index in [-0.39, 0.29) is 0 Å². The van der Waals surface area contributed by atoms with Crippen molar-refractivity contribution in [3.63, 3.8) is 0 Å². The molecule has 5 heteroatoms. The van der Waals surface area contributed by atoms with Gasteiger partial charge in [0, 0.05) is 17.1 Å². The summed E-state index contributed by atoms with van der Waals surface area (Å²) in [5.74, 6) is 2.30. The molecule has 1 atom stereocenters. The lowest BCUT2D eigenvalue weighted by Gasteiger charge is -2.20. The van der Waals surface area contributed by atoms with Crippen molar-refractivity contribution in [2.75, 3.05) is 17.2 Å². The van der Waals surface area contributed by atoms with Crippen molar-refractivity contribution in [1.82, 2.24) is 9.97 Å². The average molecular weight is 390 g/mol. The van der Waals surface area contributed by atoms with E-state index in [0.717, 1.165) is 41.2 Å². The molecule has 0 radical (unpaired) electrons. The number of nitrogens with two attached hydrogens (primary N) is 1. The number of hydrogen-bond acceptors (Lipinski definition) is 5. The van der Waals surface area contributed by atoms with E-state index in [9.17, 15) is 0 Å². The van der Waals surface area contributed by atoms with Crippen molar-refractivity contribution in [2.45, 2.75) is 52.5 Å². The molecule has 0 aliphatic heterocycles. The van der Waals surface area contributed by atoms with Crippen molar-refractivity contribution in [2.24, 2.45) is 11.7 Å². The minimum Gasteiger partial charge on any atom is -0.366 e. The Bertz CT molecular complexity index is 989. The first-order chi connectivity index (χ1) is 14.1. The highest BCUT2D eigenvalue weighted by Crippen LogP contribution is 2.37. The van der Waals surface area contributed by atoms with Crippen LogP contribution in [0.3, 0.4) is 0 Å². The SMILES string of the molecule is CC[C@@H](Nc1nc(Nc2cc(C)cc(C)c2)nc2c(CCN)cccc12)C1CC1. The summed E-state index contributed by atoms with van der Waals surface area (Å²) in [5, 5.41) is 8.23. The zero-order valence-corrected chi connectivity index (χ0v) is 17.6. The number of para-hydroxylation sites is 1. The second-order valence-electron chi connectivity index (χ2n) is 8.25. The summed E-state index contributed by atoms with van der Waals surface area (Å²) in [6.45, 7) is 7.06. The highest BCUT2D eigenvalue weighted by molar-refractivity contribution is 5.92. The lowest BCUT2D eigenvalue weighted by Crippen LogP contribution is -2.22. The summed E-state index contributed by atoms with van der Waals surface area (Å²) in [5.41, 5.74) is 11.5. The Morgan fingerprint density at radius 2 is 1.86 bits per heavy atom. The molecular formula is C24H31N5. The van der Waals surface area contributed by atoms with E-state index < -0.39 is 0 Å². The van der Waals surface area contributed by atoms with Gasteiger partial charge < -0.3 is 16.4 Å². The Labute approximate surface area is 173 Å². The first-order valence-electron chi connectivity index (χ1n) is 10.7. The lowest BCUT2D eigenvalue weighted by atomic mass is 10.1. The molecule has 1 saturated carbocycles. The van der Waals surface area contributed by atoms with Gasteiger partial charge >= 0.3 is 0 Å². The normalized spacial score (nSPS) is 14.8. The van der Waals surface area contributed by atoms with Gasteiger partial charge in [0.25, 0.3) is 0 Å². The standard InChI is InChI=1S/C24H31N5/c1-4-21(17-8-9-17)27-23-20-7-5-6-18(10-11-25)22(20)28-24(29-23)26-19-13-15(2)12-16(3)14-19/h5-7,12-14,17,21H,4,8-11,25H2,1-3H3,(H2,26,27,28,29)/t21-/m1/s1. The smallest absolute Gasteiger partial charge is 0.229 e. The van der Waals surface area contributed by atoms with E-state index in [4.69, 9.17) is 15.7 Å². The van der Waals surface area contributed by atoms with E-state index in [0.29, 0.717) is 18.5 Å². The first-order valence-corrected chi connectivity index (χ1v) is 10.7. The van der Waals surface area contributed by atoms with Crippen molar-refractivity contribution in [3.05, 3.63) is 53.1 Å². The molecule has 0 bridgehead atoms. The summed E-state index contributed by atoms with van der Waals surface area (Å²) in [6, 6.07) is 13.2. The zero-order valence-electron chi connectivity index (χ0n) is 17.6. The van der Waals surface area contributed by atoms with Crippen molar-refractivity contribution < 1.29 is 0 Å². The van der Waals surface area contributed by atoms with Crippen LogP contribution in [-0.4, -0.2) is 22.6 Å². The predicted octanol–water partition coefficient (Wildman–Crippen LogP) is 5.09. The molecule has 152 valence electrons. The predicted molar refractivity (Wildman–Crippen MR) is 122 cm³/mol. The minimum absolute atomic E-state index is 0.459. The van der Waals surface area contributed by atoms with Gasteiger partial charge in [-0.2, -0.15) is 4.98 Å². The maximum atomic E-state index is 5.86. The minimum atomic E-state index is 0.459. The average Bonchev–Trinajstić information content (AvgIpc) is 3.51. The number of hydrogen-bond donors (Lipinski definition) is 3. The van der Waals surface area contributed by atoms with Gasteiger partial charge in [-0.1, -0.05) is 25.1 Å². The number of fused-ring (bicyclic) bond motifs is 1. The van der Waals surface area contributed by atoms with Gasteiger partial charge in [0.2, 0.25) is 5.95 Å². The molecule has 1 aliphatic carbocycles. The fourth-order valence-corrected chi connectivity index (χ4v) is 4.14. The number of anilines is 3. The van der Waals surface area contributed by atoms with Crippen LogP contribution in [0.4, 0.5) is 17.5 Å². The fourth-order valence-electron chi connectivity index (χ4n) is 4.14. The summed E-state index contributed by atoms with van der Waals surface area (Å²) >= 11 is 0. The number of aryl methyl sites for hydroxylation is 2. The number of nitrogens with one attached hydrogen (secondary N) is 2. The molecule has 0 saturated heterocycles. The second-order valence-corrected chi connectivity index (χ2v) is 8.25. The van der Waals surface area contributed by atoms with E-state index in [1.54, 1.807) is 0 Å². The van der Waals surface area contributed by atoms with Gasteiger partial charge in [0.1, 0.15) is 5.82 Å². The molecule has 1 aliphatic rings. The van der Waals surface area contributed by atoms with E-state index in [1.165, 1.54) is 29.5 Å². The largest absolute Gasteiger partial charge is 0.366 e. The summed E-state index contributed by atoms with van der Waals surface area (Å²) < 4.78 is 0. The third kappa shape index (κ3) is 4.51. The first kappa shape index (κ1) is 19.6. The van der Waals surface area contributed by atoms with Gasteiger partial charge in [0.05, 0.1) is 5.52 Å². The van der Waals surface area contributed by atoms with Crippen LogP contribution in [0.25, 0.3) is 10.9 Å². The van der Waals surface area contributed by atoms with Crippen LogP contribution in [0.5, 0.6) is 0 Å². The highest BCUT2D eigenvalue weighted by atomic mass is 15.2. The maximum absolute atomic E-state index is 5.86. The summed E-state index contributed by atoms with van der Waals surface area (Å²) in [7, 11) is 0. The zero-order chi connectivity index (χ0) is 20.4. The number of nitrogens with zero attached hydrogens (tertiary/aromatic N) is 2. The molecule has 2 aromatic carbocycles. The molecule has 1 heterocycles. The van der Waals surface area contributed by atoms with Crippen LogP contribution in [0.1, 0.15) is 42.9 Å². The fraction of sp³-hybridized carbons (Fsp3) is 0.417. The van der Waals surface area contributed by atoms with Gasteiger partial charge in [-0.25, -0.2) is 4.98 Å². The van der Waals surface area contributed by atoms with E-state index in [1.807, 2.05) is 0 Å². The van der Waals surface area contributed by atoms with Crippen LogP contribution in [-0.2, 0) is 6.42 Å². The Morgan fingerprint density at radius 1 is 1.10 bits per heavy atom. The highest BCUT2D eigenvalue weighted by Gasteiger charge is 2.30. The Morgan fingerprint density at radius 3 is 2.52 bits per heavy atom. The van der Waals surface area contributed by atoms with Crippen LogP contribution in [0.15, 0.2) is 36.4 Å². The number of rotatable bonds is 8. The van der Waals surface area contributed by atoms with Crippen molar-refractivity contribution in [3.8, 4) is 0 Å². The van der Waals surface area contributed by atoms with Gasteiger partial charge in [0.15, 0.2) is 0 Å². The number of benzene rings is 2. The molecule has 5 nitrogen and oxygen atoms in total. The topological polar surface area (TPSA) is 75.9 Å². The molecule has 29 heavy (non-hydrogen) atoms.